The standard InChI is InChI=1S/C23H27ClN6O/c1-28(18-10-5-4-9-17(18)24)23(31)16-8-7-12-29(14-16)21-20-22(26-15-25-21)30-13-6-2-3-11-19(30)27-20/h4-5,9-10,15-16H,2-3,6-8,11-14H2,1H3. The number of aryl methyl sites for hydroxylation is 2. The van der Waals surface area contributed by atoms with Crippen molar-refractivity contribution in [3.8, 4) is 0 Å². The summed E-state index contributed by atoms with van der Waals surface area (Å²) in [5, 5.41) is 0.586. The molecule has 2 aliphatic heterocycles. The van der Waals surface area contributed by atoms with Crippen molar-refractivity contribution >= 4 is 40.2 Å². The Morgan fingerprint density at radius 2 is 2.00 bits per heavy atom. The summed E-state index contributed by atoms with van der Waals surface area (Å²) in [6, 6.07) is 7.47. The number of fused-ring (bicyclic) bond motifs is 3. The van der Waals surface area contributed by atoms with Crippen molar-refractivity contribution in [2.75, 3.05) is 29.9 Å². The number of anilines is 2. The zero-order valence-electron chi connectivity index (χ0n) is 17.8. The fraction of sp³-hybridized carbons (Fsp3) is 0.478. The molecule has 1 amide bonds. The fourth-order valence-corrected chi connectivity index (χ4v) is 5.11. The Bertz CT molecular complexity index is 1110. The van der Waals surface area contributed by atoms with Crippen molar-refractivity contribution < 1.29 is 4.79 Å². The number of carbonyl (C=O) groups excluding carboxylic acids is 1. The third-order valence-electron chi connectivity index (χ3n) is 6.49. The maximum absolute atomic E-state index is 13.3. The molecule has 1 aromatic carbocycles. The number of carbonyl (C=O) groups is 1. The lowest BCUT2D eigenvalue weighted by atomic mass is 9.96. The van der Waals surface area contributed by atoms with Crippen LogP contribution in [-0.2, 0) is 17.8 Å². The van der Waals surface area contributed by atoms with Crippen molar-refractivity contribution in [3.05, 3.63) is 41.4 Å². The molecular weight excluding hydrogens is 412 g/mol. The molecule has 1 saturated heterocycles. The molecule has 0 saturated carbocycles. The first-order valence-electron chi connectivity index (χ1n) is 11.1. The van der Waals surface area contributed by atoms with Crippen molar-refractivity contribution in [1.29, 1.82) is 0 Å². The van der Waals surface area contributed by atoms with E-state index in [9.17, 15) is 4.79 Å². The Hall–Kier alpha value is -2.67. The van der Waals surface area contributed by atoms with Crippen LogP contribution in [0, 0.1) is 5.92 Å². The second-order valence-corrected chi connectivity index (χ2v) is 8.90. The zero-order valence-corrected chi connectivity index (χ0v) is 18.6. The van der Waals surface area contributed by atoms with Crippen molar-refractivity contribution in [3.63, 3.8) is 0 Å². The van der Waals surface area contributed by atoms with E-state index in [2.05, 4.69) is 19.4 Å². The van der Waals surface area contributed by atoms with Gasteiger partial charge in [-0.1, -0.05) is 30.2 Å². The van der Waals surface area contributed by atoms with Gasteiger partial charge in [-0.05, 0) is 37.8 Å². The first-order valence-corrected chi connectivity index (χ1v) is 11.5. The van der Waals surface area contributed by atoms with Gasteiger partial charge in [0.05, 0.1) is 16.6 Å². The molecule has 3 aromatic rings. The predicted octanol–water partition coefficient (Wildman–Crippen LogP) is 4.09. The number of rotatable bonds is 3. The molecule has 5 rings (SSSR count). The van der Waals surface area contributed by atoms with Crippen LogP contribution in [0.2, 0.25) is 5.02 Å². The Balaban J connectivity index is 1.41. The Morgan fingerprint density at radius 1 is 1.13 bits per heavy atom. The molecule has 1 fully saturated rings. The highest BCUT2D eigenvalue weighted by Crippen LogP contribution is 2.31. The Kier molecular flexibility index (Phi) is 5.52. The summed E-state index contributed by atoms with van der Waals surface area (Å²) in [5.74, 6) is 1.94. The molecule has 8 heteroatoms. The SMILES string of the molecule is CN(C(=O)C1CCCN(c2ncnc3c2nc2n3CCCCC2)C1)c1ccccc1Cl. The molecule has 0 aliphatic carbocycles. The van der Waals surface area contributed by atoms with E-state index in [0.29, 0.717) is 11.6 Å². The number of para-hydroxylation sites is 1. The molecule has 31 heavy (non-hydrogen) atoms. The number of hydrogen-bond donors (Lipinski definition) is 0. The average molecular weight is 439 g/mol. The summed E-state index contributed by atoms with van der Waals surface area (Å²) in [4.78, 5) is 31.3. The molecular formula is C23H27ClN6O. The van der Waals surface area contributed by atoms with E-state index in [-0.39, 0.29) is 11.8 Å². The van der Waals surface area contributed by atoms with Crippen LogP contribution in [0.3, 0.4) is 0 Å². The maximum Gasteiger partial charge on any atom is 0.231 e. The number of hydrogen-bond acceptors (Lipinski definition) is 5. The van der Waals surface area contributed by atoms with Crippen LogP contribution < -0.4 is 9.80 Å². The monoisotopic (exact) mass is 438 g/mol. The first kappa shape index (κ1) is 20.2. The molecule has 2 aromatic heterocycles. The summed E-state index contributed by atoms with van der Waals surface area (Å²) in [6.45, 7) is 2.46. The second kappa shape index (κ2) is 8.46. The molecule has 1 atom stereocenters. The van der Waals surface area contributed by atoms with Crippen molar-refractivity contribution in [2.45, 2.75) is 45.1 Å². The van der Waals surface area contributed by atoms with Crippen LogP contribution in [0.4, 0.5) is 11.5 Å². The summed E-state index contributed by atoms with van der Waals surface area (Å²) in [6.07, 6.45) is 7.98. The van der Waals surface area contributed by atoms with Gasteiger partial charge in [-0.2, -0.15) is 0 Å². The van der Waals surface area contributed by atoms with E-state index in [1.807, 2.05) is 24.3 Å². The van der Waals surface area contributed by atoms with Gasteiger partial charge >= 0.3 is 0 Å². The van der Waals surface area contributed by atoms with E-state index < -0.39 is 0 Å². The lowest BCUT2D eigenvalue weighted by molar-refractivity contribution is -0.122. The van der Waals surface area contributed by atoms with Gasteiger partial charge in [0, 0.05) is 33.1 Å². The summed E-state index contributed by atoms with van der Waals surface area (Å²) >= 11 is 6.32. The quantitative estimate of drug-likeness (QED) is 0.616. The third kappa shape index (κ3) is 3.76. The number of piperidine rings is 1. The van der Waals surface area contributed by atoms with Crippen LogP contribution >= 0.6 is 11.6 Å². The highest BCUT2D eigenvalue weighted by atomic mass is 35.5. The molecule has 162 valence electrons. The van der Waals surface area contributed by atoms with E-state index in [1.54, 1.807) is 18.3 Å². The van der Waals surface area contributed by atoms with Crippen LogP contribution in [-0.4, -0.2) is 45.6 Å². The predicted molar refractivity (Wildman–Crippen MR) is 123 cm³/mol. The molecule has 0 radical (unpaired) electrons. The van der Waals surface area contributed by atoms with Gasteiger partial charge in [0.25, 0.3) is 0 Å². The minimum absolute atomic E-state index is 0.0868. The number of halogens is 1. The van der Waals surface area contributed by atoms with Gasteiger partial charge in [0.15, 0.2) is 17.0 Å². The lowest BCUT2D eigenvalue weighted by Crippen LogP contribution is -2.44. The minimum atomic E-state index is -0.111. The van der Waals surface area contributed by atoms with Crippen LogP contribution in [0.25, 0.3) is 11.2 Å². The minimum Gasteiger partial charge on any atom is -0.354 e. The normalized spacial score (nSPS) is 19.2. The highest BCUT2D eigenvalue weighted by Gasteiger charge is 2.31. The Morgan fingerprint density at radius 3 is 2.87 bits per heavy atom. The van der Waals surface area contributed by atoms with Crippen LogP contribution in [0.15, 0.2) is 30.6 Å². The average Bonchev–Trinajstić information content (AvgIpc) is 2.99. The van der Waals surface area contributed by atoms with E-state index in [0.717, 1.165) is 67.3 Å². The number of nitrogens with zero attached hydrogens (tertiary/aromatic N) is 6. The van der Waals surface area contributed by atoms with Gasteiger partial charge in [-0.3, -0.25) is 4.79 Å². The molecule has 7 nitrogen and oxygen atoms in total. The summed E-state index contributed by atoms with van der Waals surface area (Å²) in [7, 11) is 1.80. The molecule has 0 N–H and O–H groups in total. The Labute approximate surface area is 187 Å². The molecule has 1 unspecified atom stereocenters. The van der Waals surface area contributed by atoms with Gasteiger partial charge in [-0.15, -0.1) is 0 Å². The largest absolute Gasteiger partial charge is 0.354 e. The van der Waals surface area contributed by atoms with Gasteiger partial charge in [0.2, 0.25) is 5.91 Å². The molecule has 0 spiro atoms. The molecule has 4 heterocycles. The number of imidazole rings is 1. The van der Waals surface area contributed by atoms with E-state index in [1.165, 1.54) is 12.8 Å². The summed E-state index contributed by atoms with van der Waals surface area (Å²) < 4.78 is 2.26. The maximum atomic E-state index is 13.3. The number of aromatic nitrogens is 4. The molecule has 0 bridgehead atoms. The van der Waals surface area contributed by atoms with Crippen molar-refractivity contribution in [2.24, 2.45) is 5.92 Å². The van der Waals surface area contributed by atoms with Crippen molar-refractivity contribution in [1.82, 2.24) is 19.5 Å². The van der Waals surface area contributed by atoms with E-state index >= 15 is 0 Å². The number of benzene rings is 1. The van der Waals surface area contributed by atoms with Gasteiger partial charge in [-0.25, -0.2) is 15.0 Å². The smallest absolute Gasteiger partial charge is 0.231 e. The van der Waals surface area contributed by atoms with E-state index in [4.69, 9.17) is 16.6 Å². The molecule has 2 aliphatic rings. The zero-order chi connectivity index (χ0) is 21.4. The van der Waals surface area contributed by atoms with Gasteiger partial charge in [0.1, 0.15) is 12.2 Å². The fourth-order valence-electron chi connectivity index (χ4n) is 4.84. The third-order valence-corrected chi connectivity index (χ3v) is 6.81. The number of amides is 1. The topological polar surface area (TPSA) is 67.2 Å². The van der Waals surface area contributed by atoms with Gasteiger partial charge < -0.3 is 14.4 Å². The lowest BCUT2D eigenvalue weighted by Gasteiger charge is -2.34. The van der Waals surface area contributed by atoms with Crippen LogP contribution in [0.5, 0.6) is 0 Å². The highest BCUT2D eigenvalue weighted by molar-refractivity contribution is 6.33. The first-order chi connectivity index (χ1) is 15.1. The second-order valence-electron chi connectivity index (χ2n) is 8.49. The summed E-state index contributed by atoms with van der Waals surface area (Å²) in [5.41, 5.74) is 2.53. The van der Waals surface area contributed by atoms with Crippen LogP contribution in [0.1, 0.15) is 37.9 Å².